The third-order valence-corrected chi connectivity index (χ3v) is 6.32. The molecule has 1 N–H and O–H groups in total. The quantitative estimate of drug-likeness (QED) is 0.744. The van der Waals surface area contributed by atoms with Crippen LogP contribution >= 0.6 is 11.6 Å². The number of anilines is 1. The van der Waals surface area contributed by atoms with Gasteiger partial charge in [0.05, 0.1) is 29.5 Å². The zero-order valence-corrected chi connectivity index (χ0v) is 18.3. The highest BCUT2D eigenvalue weighted by molar-refractivity contribution is 6.31. The van der Waals surface area contributed by atoms with Crippen molar-refractivity contribution in [2.45, 2.75) is 19.0 Å². The average Bonchev–Trinajstić information content (AvgIpc) is 3.18. The molecule has 3 aliphatic heterocycles. The average molecular weight is 455 g/mol. The van der Waals surface area contributed by atoms with E-state index >= 15 is 0 Å². The maximum absolute atomic E-state index is 14.6. The smallest absolute Gasteiger partial charge is 0.254 e. The van der Waals surface area contributed by atoms with E-state index in [0.29, 0.717) is 48.3 Å². The van der Waals surface area contributed by atoms with Crippen LogP contribution in [0.15, 0.2) is 59.2 Å². The molecule has 1 unspecified atom stereocenters. The SMILES string of the molecule is O=C(c1ccc(NC2=NC(c3c(F)cccc3Cl)N3CCCC=C23)cc1)N1CCOCC1. The number of carbonyl (C=O) groups is 1. The van der Waals surface area contributed by atoms with E-state index in [1.807, 2.05) is 24.3 Å². The van der Waals surface area contributed by atoms with E-state index < -0.39 is 6.17 Å². The van der Waals surface area contributed by atoms with Crippen LogP contribution in [0.3, 0.4) is 0 Å². The Bertz CT molecular complexity index is 1060. The molecule has 0 aliphatic carbocycles. The fraction of sp³-hybridized carbons (Fsp3) is 0.333. The zero-order chi connectivity index (χ0) is 22.1. The number of hydrogen-bond acceptors (Lipinski definition) is 5. The lowest BCUT2D eigenvalue weighted by molar-refractivity contribution is 0.0303. The molecule has 32 heavy (non-hydrogen) atoms. The number of rotatable bonds is 3. The number of aliphatic imine (C=N–C) groups is 1. The second-order valence-corrected chi connectivity index (χ2v) is 8.43. The zero-order valence-electron chi connectivity index (χ0n) is 17.6. The Balaban J connectivity index is 1.38. The van der Waals surface area contributed by atoms with Gasteiger partial charge in [0.1, 0.15) is 5.82 Å². The van der Waals surface area contributed by atoms with Gasteiger partial charge in [-0.15, -0.1) is 0 Å². The molecule has 5 rings (SSSR count). The summed E-state index contributed by atoms with van der Waals surface area (Å²) in [6.07, 6.45) is 3.55. The molecule has 0 aromatic heterocycles. The number of hydrogen-bond donors (Lipinski definition) is 1. The van der Waals surface area contributed by atoms with E-state index in [9.17, 15) is 9.18 Å². The second-order valence-electron chi connectivity index (χ2n) is 8.02. The van der Waals surface area contributed by atoms with Crippen molar-refractivity contribution < 1.29 is 13.9 Å². The molecule has 3 heterocycles. The lowest BCUT2D eigenvalue weighted by Crippen LogP contribution is -2.40. The number of carbonyl (C=O) groups excluding carboxylic acids is 1. The number of amides is 1. The van der Waals surface area contributed by atoms with Gasteiger partial charge in [-0.3, -0.25) is 4.79 Å². The molecule has 0 spiro atoms. The minimum atomic E-state index is -0.500. The molecule has 1 fully saturated rings. The van der Waals surface area contributed by atoms with Gasteiger partial charge in [0.2, 0.25) is 0 Å². The minimum absolute atomic E-state index is 0.00785. The van der Waals surface area contributed by atoms with Crippen molar-refractivity contribution in [2.75, 3.05) is 38.2 Å². The molecule has 1 atom stereocenters. The van der Waals surface area contributed by atoms with Crippen LogP contribution < -0.4 is 5.32 Å². The topological polar surface area (TPSA) is 57.2 Å². The number of halogens is 2. The number of fused-ring (bicyclic) bond motifs is 1. The highest BCUT2D eigenvalue weighted by atomic mass is 35.5. The number of nitrogens with zero attached hydrogens (tertiary/aromatic N) is 3. The fourth-order valence-electron chi connectivity index (χ4n) is 4.34. The van der Waals surface area contributed by atoms with Crippen molar-refractivity contribution in [3.05, 3.63) is 76.2 Å². The molecular formula is C24H24ClFN4O2. The third-order valence-electron chi connectivity index (χ3n) is 5.99. The van der Waals surface area contributed by atoms with Crippen LogP contribution in [0.1, 0.15) is 34.9 Å². The van der Waals surface area contributed by atoms with Crippen molar-refractivity contribution in [3.63, 3.8) is 0 Å². The lowest BCUT2D eigenvalue weighted by Gasteiger charge is -2.30. The monoisotopic (exact) mass is 454 g/mol. The van der Waals surface area contributed by atoms with Gasteiger partial charge in [-0.25, -0.2) is 9.38 Å². The molecule has 1 saturated heterocycles. The van der Waals surface area contributed by atoms with Gasteiger partial charge in [-0.2, -0.15) is 0 Å². The molecule has 0 saturated carbocycles. The normalized spacial score (nSPS) is 20.5. The Morgan fingerprint density at radius 3 is 2.66 bits per heavy atom. The first kappa shape index (κ1) is 21.0. The predicted octanol–water partition coefficient (Wildman–Crippen LogP) is 4.45. The number of nitrogens with one attached hydrogen (secondary N) is 1. The molecule has 1 amide bonds. The Hall–Kier alpha value is -2.90. The molecule has 8 heteroatoms. The maximum Gasteiger partial charge on any atom is 0.254 e. The summed E-state index contributed by atoms with van der Waals surface area (Å²) in [4.78, 5) is 21.4. The number of ether oxygens (including phenoxy) is 1. The highest BCUT2D eigenvalue weighted by Crippen LogP contribution is 2.39. The van der Waals surface area contributed by atoms with Gasteiger partial charge in [0.25, 0.3) is 5.91 Å². The third kappa shape index (κ3) is 3.98. The number of morpholine rings is 1. The van der Waals surface area contributed by atoms with E-state index in [1.165, 1.54) is 6.07 Å². The number of amidine groups is 1. The first-order valence-electron chi connectivity index (χ1n) is 10.8. The van der Waals surface area contributed by atoms with Crippen LogP contribution in [-0.4, -0.2) is 54.4 Å². The van der Waals surface area contributed by atoms with E-state index in [1.54, 1.807) is 17.0 Å². The Morgan fingerprint density at radius 1 is 1.12 bits per heavy atom. The van der Waals surface area contributed by atoms with Gasteiger partial charge in [-0.05, 0) is 49.2 Å². The summed E-state index contributed by atoms with van der Waals surface area (Å²) in [6, 6.07) is 12.1. The largest absolute Gasteiger partial charge is 0.378 e. The Kier molecular flexibility index (Phi) is 5.85. The summed E-state index contributed by atoms with van der Waals surface area (Å²) >= 11 is 6.34. The number of allylic oxidation sites excluding steroid dienone is 1. The lowest BCUT2D eigenvalue weighted by atomic mass is 10.1. The first-order chi connectivity index (χ1) is 15.6. The van der Waals surface area contributed by atoms with Crippen LogP contribution in [-0.2, 0) is 4.74 Å². The molecular weight excluding hydrogens is 431 g/mol. The van der Waals surface area contributed by atoms with E-state index in [2.05, 4.69) is 16.3 Å². The standard InChI is InChI=1S/C24H24ClFN4O2/c25-18-4-3-5-19(26)21(18)23-28-22(20-6-1-2-11-30(20)23)27-17-9-7-16(8-10-17)24(31)29-12-14-32-15-13-29/h3-10,23H,1-2,11-15H2,(H,27,28). The van der Waals surface area contributed by atoms with Crippen LogP contribution in [0.2, 0.25) is 5.02 Å². The van der Waals surface area contributed by atoms with E-state index in [4.69, 9.17) is 21.3 Å². The van der Waals surface area contributed by atoms with Gasteiger partial charge >= 0.3 is 0 Å². The summed E-state index contributed by atoms with van der Waals surface area (Å²) in [5.41, 5.74) is 2.80. The molecule has 166 valence electrons. The van der Waals surface area contributed by atoms with Gasteiger partial charge < -0.3 is 19.9 Å². The fourth-order valence-corrected chi connectivity index (χ4v) is 4.60. The maximum atomic E-state index is 14.6. The van der Waals surface area contributed by atoms with E-state index in [-0.39, 0.29) is 11.7 Å². The molecule has 3 aliphatic rings. The van der Waals surface area contributed by atoms with Crippen LogP contribution in [0.4, 0.5) is 10.1 Å². The Morgan fingerprint density at radius 2 is 1.91 bits per heavy atom. The molecule has 2 aromatic rings. The molecule has 6 nitrogen and oxygen atoms in total. The second kappa shape index (κ2) is 8.92. The summed E-state index contributed by atoms with van der Waals surface area (Å²) in [7, 11) is 0. The van der Waals surface area contributed by atoms with Crippen LogP contribution in [0.25, 0.3) is 0 Å². The molecule has 0 radical (unpaired) electrons. The van der Waals surface area contributed by atoms with Crippen molar-refractivity contribution in [3.8, 4) is 0 Å². The Labute approximate surface area is 191 Å². The molecule has 2 aromatic carbocycles. The minimum Gasteiger partial charge on any atom is -0.378 e. The van der Waals surface area contributed by atoms with Crippen molar-refractivity contribution >= 4 is 29.0 Å². The van der Waals surface area contributed by atoms with Gasteiger partial charge in [0, 0.05) is 30.9 Å². The van der Waals surface area contributed by atoms with Crippen molar-refractivity contribution in [1.82, 2.24) is 9.80 Å². The van der Waals surface area contributed by atoms with Gasteiger partial charge in [0.15, 0.2) is 12.0 Å². The van der Waals surface area contributed by atoms with Gasteiger partial charge in [-0.1, -0.05) is 23.7 Å². The predicted molar refractivity (Wildman–Crippen MR) is 122 cm³/mol. The summed E-state index contributed by atoms with van der Waals surface area (Å²) in [5.74, 6) is 0.332. The van der Waals surface area contributed by atoms with Crippen molar-refractivity contribution in [1.29, 1.82) is 0 Å². The van der Waals surface area contributed by atoms with Crippen LogP contribution in [0, 0.1) is 5.82 Å². The summed E-state index contributed by atoms with van der Waals surface area (Å²) in [5, 5.41) is 3.73. The number of benzene rings is 2. The summed E-state index contributed by atoms with van der Waals surface area (Å²) < 4.78 is 19.9. The van der Waals surface area contributed by atoms with E-state index in [0.717, 1.165) is 30.8 Å². The first-order valence-corrected chi connectivity index (χ1v) is 11.2. The van der Waals surface area contributed by atoms with Crippen LogP contribution in [0.5, 0.6) is 0 Å². The van der Waals surface area contributed by atoms with Crippen molar-refractivity contribution in [2.24, 2.45) is 4.99 Å². The molecule has 0 bridgehead atoms. The summed E-state index contributed by atoms with van der Waals surface area (Å²) in [6.45, 7) is 3.15. The highest BCUT2D eigenvalue weighted by Gasteiger charge is 2.35.